The second kappa shape index (κ2) is 4.50. The predicted molar refractivity (Wildman–Crippen MR) is 68.4 cm³/mol. The van der Waals surface area contributed by atoms with Crippen LogP contribution in [0, 0.1) is 0 Å². The zero-order valence-corrected chi connectivity index (χ0v) is 10.9. The molecule has 0 radical (unpaired) electrons. The van der Waals surface area contributed by atoms with Crippen LogP contribution in [0.2, 0.25) is 0 Å². The van der Waals surface area contributed by atoms with Gasteiger partial charge in [0.1, 0.15) is 11.3 Å². The van der Waals surface area contributed by atoms with Gasteiger partial charge in [-0.2, -0.15) is 0 Å². The van der Waals surface area contributed by atoms with Gasteiger partial charge in [0, 0.05) is 4.90 Å². The molecule has 0 aliphatic carbocycles. The summed E-state index contributed by atoms with van der Waals surface area (Å²) in [6.07, 6.45) is 3.78. The number of aliphatic hydroxyl groups is 1. The lowest BCUT2D eigenvalue weighted by Gasteiger charge is -2.11. The van der Waals surface area contributed by atoms with Crippen LogP contribution in [0.25, 0.3) is 5.69 Å². The highest BCUT2D eigenvalue weighted by molar-refractivity contribution is 7.98. The number of aromatic nitrogens is 3. The van der Waals surface area contributed by atoms with Gasteiger partial charge in [-0.3, -0.25) is 0 Å². The van der Waals surface area contributed by atoms with Crippen molar-refractivity contribution in [3.8, 4) is 5.69 Å². The number of rotatable bonds is 3. The minimum Gasteiger partial charge on any atom is -0.384 e. The summed E-state index contributed by atoms with van der Waals surface area (Å²) in [5, 5.41) is 17.8. The molecular weight excluding hydrogens is 234 g/mol. The second-order valence-corrected chi connectivity index (χ2v) is 5.19. The van der Waals surface area contributed by atoms with Gasteiger partial charge in [0.2, 0.25) is 0 Å². The molecule has 1 aromatic heterocycles. The zero-order chi connectivity index (χ0) is 12.5. The maximum absolute atomic E-state index is 9.83. The minimum absolute atomic E-state index is 0.562. The van der Waals surface area contributed by atoms with Crippen LogP contribution in [0.15, 0.2) is 35.4 Å². The maximum Gasteiger partial charge on any atom is 0.114 e. The van der Waals surface area contributed by atoms with Crippen molar-refractivity contribution in [3.63, 3.8) is 0 Å². The van der Waals surface area contributed by atoms with E-state index >= 15 is 0 Å². The fraction of sp³-hybridized carbons (Fsp3) is 0.333. The van der Waals surface area contributed by atoms with Crippen molar-refractivity contribution in [1.29, 1.82) is 0 Å². The topological polar surface area (TPSA) is 50.9 Å². The molecule has 0 amide bonds. The maximum atomic E-state index is 9.83. The molecule has 0 fully saturated rings. The van der Waals surface area contributed by atoms with Gasteiger partial charge >= 0.3 is 0 Å². The monoisotopic (exact) mass is 249 g/mol. The Morgan fingerprint density at radius 3 is 2.71 bits per heavy atom. The van der Waals surface area contributed by atoms with E-state index < -0.39 is 5.60 Å². The van der Waals surface area contributed by atoms with Crippen LogP contribution < -0.4 is 0 Å². The lowest BCUT2D eigenvalue weighted by atomic mass is 10.1. The molecule has 0 aliphatic heterocycles. The molecule has 0 unspecified atom stereocenters. The standard InChI is InChI=1S/C12H15N3OS/c1-12(2,16)11-8-15(14-13-11)9-5-4-6-10(7-9)17-3/h4-8,16H,1-3H3. The fourth-order valence-electron chi connectivity index (χ4n) is 1.42. The molecular formula is C12H15N3OS. The average molecular weight is 249 g/mol. The number of thioether (sulfide) groups is 1. The van der Waals surface area contributed by atoms with Crippen molar-refractivity contribution in [1.82, 2.24) is 15.0 Å². The molecule has 0 spiro atoms. The Morgan fingerprint density at radius 1 is 1.35 bits per heavy atom. The molecule has 2 rings (SSSR count). The molecule has 17 heavy (non-hydrogen) atoms. The van der Waals surface area contributed by atoms with E-state index in [0.717, 1.165) is 5.69 Å². The molecule has 1 aromatic carbocycles. The normalized spacial score (nSPS) is 11.8. The highest BCUT2D eigenvalue weighted by Gasteiger charge is 2.20. The smallest absolute Gasteiger partial charge is 0.114 e. The molecule has 5 heteroatoms. The van der Waals surface area contributed by atoms with E-state index in [1.54, 1.807) is 36.5 Å². The Kier molecular flexibility index (Phi) is 3.22. The van der Waals surface area contributed by atoms with Gasteiger partial charge in [-0.1, -0.05) is 11.3 Å². The van der Waals surface area contributed by atoms with Crippen LogP contribution in [0.5, 0.6) is 0 Å². The first-order valence-electron chi connectivity index (χ1n) is 5.30. The van der Waals surface area contributed by atoms with E-state index in [4.69, 9.17) is 0 Å². The predicted octanol–water partition coefficient (Wildman–Crippen LogP) is 2.22. The molecule has 90 valence electrons. The highest BCUT2D eigenvalue weighted by atomic mass is 32.2. The van der Waals surface area contributed by atoms with Crippen LogP contribution in [0.4, 0.5) is 0 Å². The molecule has 1 N–H and O–H groups in total. The third-order valence-electron chi connectivity index (χ3n) is 2.44. The summed E-state index contributed by atoms with van der Waals surface area (Å²) in [6.45, 7) is 3.39. The number of hydrogen-bond donors (Lipinski definition) is 1. The summed E-state index contributed by atoms with van der Waals surface area (Å²) in [6, 6.07) is 8.02. The summed E-state index contributed by atoms with van der Waals surface area (Å²) < 4.78 is 1.67. The molecule has 0 aliphatic rings. The van der Waals surface area contributed by atoms with Gasteiger partial charge < -0.3 is 5.11 Å². The van der Waals surface area contributed by atoms with Crippen molar-refractivity contribution in [2.75, 3.05) is 6.26 Å². The molecule has 0 saturated carbocycles. The molecule has 0 saturated heterocycles. The van der Waals surface area contributed by atoms with Gasteiger partial charge in [-0.15, -0.1) is 16.9 Å². The Balaban J connectivity index is 2.37. The lowest BCUT2D eigenvalue weighted by molar-refractivity contribution is 0.0737. The van der Waals surface area contributed by atoms with Gasteiger partial charge in [0.25, 0.3) is 0 Å². The number of nitrogens with zero attached hydrogens (tertiary/aromatic N) is 3. The molecule has 4 nitrogen and oxygen atoms in total. The summed E-state index contributed by atoms with van der Waals surface area (Å²) in [5.41, 5.74) is 0.543. The van der Waals surface area contributed by atoms with Crippen LogP contribution in [-0.2, 0) is 5.60 Å². The van der Waals surface area contributed by atoms with E-state index in [-0.39, 0.29) is 0 Å². The Bertz CT molecular complexity index is 516. The Morgan fingerprint density at radius 2 is 2.12 bits per heavy atom. The lowest BCUT2D eigenvalue weighted by Crippen LogP contribution is -2.15. The Hall–Kier alpha value is -1.33. The fourth-order valence-corrected chi connectivity index (χ4v) is 1.88. The average Bonchev–Trinajstić information content (AvgIpc) is 2.78. The number of benzene rings is 1. The Labute approximate surface area is 105 Å². The first-order chi connectivity index (χ1) is 8.00. The van der Waals surface area contributed by atoms with Crippen molar-refractivity contribution in [2.45, 2.75) is 24.3 Å². The SMILES string of the molecule is CSc1cccc(-n2cc(C(C)(C)O)nn2)c1. The third kappa shape index (κ3) is 2.68. The van der Waals surface area contributed by atoms with Crippen molar-refractivity contribution in [2.24, 2.45) is 0 Å². The third-order valence-corrected chi connectivity index (χ3v) is 3.16. The largest absolute Gasteiger partial charge is 0.384 e. The van der Waals surface area contributed by atoms with Crippen LogP contribution in [0.1, 0.15) is 19.5 Å². The summed E-state index contributed by atoms with van der Waals surface area (Å²) in [7, 11) is 0. The molecule has 2 aromatic rings. The van der Waals surface area contributed by atoms with Gasteiger partial charge in [0.05, 0.1) is 11.9 Å². The van der Waals surface area contributed by atoms with Crippen molar-refractivity contribution < 1.29 is 5.11 Å². The van der Waals surface area contributed by atoms with Gasteiger partial charge in [-0.25, -0.2) is 4.68 Å². The highest BCUT2D eigenvalue weighted by Crippen LogP contribution is 2.20. The summed E-state index contributed by atoms with van der Waals surface area (Å²) in [4.78, 5) is 1.17. The first-order valence-corrected chi connectivity index (χ1v) is 6.53. The number of hydrogen-bond acceptors (Lipinski definition) is 4. The molecule has 1 heterocycles. The van der Waals surface area contributed by atoms with E-state index in [1.807, 2.05) is 30.5 Å². The van der Waals surface area contributed by atoms with E-state index in [1.165, 1.54) is 4.90 Å². The quantitative estimate of drug-likeness (QED) is 0.847. The van der Waals surface area contributed by atoms with Gasteiger partial charge in [-0.05, 0) is 38.3 Å². The summed E-state index contributed by atoms with van der Waals surface area (Å²) >= 11 is 1.68. The van der Waals surface area contributed by atoms with Crippen molar-refractivity contribution in [3.05, 3.63) is 36.2 Å². The molecule has 0 atom stereocenters. The van der Waals surface area contributed by atoms with Crippen LogP contribution in [-0.4, -0.2) is 26.4 Å². The van der Waals surface area contributed by atoms with Crippen LogP contribution >= 0.6 is 11.8 Å². The minimum atomic E-state index is -0.963. The van der Waals surface area contributed by atoms with E-state index in [9.17, 15) is 5.11 Å². The van der Waals surface area contributed by atoms with E-state index in [0.29, 0.717) is 5.69 Å². The van der Waals surface area contributed by atoms with Crippen LogP contribution in [0.3, 0.4) is 0 Å². The second-order valence-electron chi connectivity index (χ2n) is 4.31. The first kappa shape index (κ1) is 12.1. The summed E-state index contributed by atoms with van der Waals surface area (Å²) in [5.74, 6) is 0. The molecule has 0 bridgehead atoms. The van der Waals surface area contributed by atoms with E-state index in [2.05, 4.69) is 10.3 Å². The zero-order valence-electron chi connectivity index (χ0n) is 10.1. The van der Waals surface area contributed by atoms with Crippen molar-refractivity contribution >= 4 is 11.8 Å². The van der Waals surface area contributed by atoms with Gasteiger partial charge in [0.15, 0.2) is 0 Å².